The molecule has 0 aromatic heterocycles. The number of thioether (sulfide) groups is 1. The molecule has 0 unspecified atom stereocenters. The highest BCUT2D eigenvalue weighted by Gasteiger charge is 2.66. The summed E-state index contributed by atoms with van der Waals surface area (Å²) in [6.45, 7) is 3.55. The van der Waals surface area contributed by atoms with Crippen LogP contribution in [0.5, 0.6) is 5.75 Å². The Hall–Kier alpha value is -3.31. The van der Waals surface area contributed by atoms with Crippen molar-refractivity contribution in [2.45, 2.75) is 50.7 Å². The van der Waals surface area contributed by atoms with Gasteiger partial charge < -0.3 is 30.9 Å². The van der Waals surface area contributed by atoms with Gasteiger partial charge in [0.1, 0.15) is 28.9 Å². The number of nitrogens with two attached hydrogens (primary N) is 1. The predicted octanol–water partition coefficient (Wildman–Crippen LogP) is 2.04. The molecular formula is C26H29NO9S. The van der Waals surface area contributed by atoms with Crippen LogP contribution in [0.25, 0.3) is 5.76 Å². The molecule has 198 valence electrons. The summed E-state index contributed by atoms with van der Waals surface area (Å²) < 4.78 is 5.75. The highest BCUT2D eigenvalue weighted by atomic mass is 32.2. The Bertz CT molecular complexity index is 1250. The number of carbonyl (C=O) groups excluding carboxylic acids is 4. The highest BCUT2D eigenvalue weighted by molar-refractivity contribution is 7.99. The lowest BCUT2D eigenvalue weighted by atomic mass is 9.55. The van der Waals surface area contributed by atoms with Crippen LogP contribution in [0.3, 0.4) is 0 Å². The first-order valence-electron chi connectivity index (χ1n) is 12.1. The third-order valence-corrected chi connectivity index (χ3v) is 8.63. The van der Waals surface area contributed by atoms with Gasteiger partial charge in [-0.2, -0.15) is 11.8 Å². The van der Waals surface area contributed by atoms with E-state index in [4.69, 9.17) is 10.5 Å². The number of amides is 1. The SMILES string of the molecule is CCCSC[C@H]1c2cccc(O)c2C(O)=C2C(=O)[C@]3(O)C(O)=C(C(N)=O)C(=O)C[C@@H]3[C@@H](OC(=O)CC)[C@@H]21. The van der Waals surface area contributed by atoms with E-state index in [-0.39, 0.29) is 23.3 Å². The number of Topliss-reactive ketones (excluding diaryl/α,β-unsaturated/α-hetero) is 2. The summed E-state index contributed by atoms with van der Waals surface area (Å²) in [5, 5.41) is 44.5. The molecule has 0 spiro atoms. The maximum atomic E-state index is 14.0. The average molecular weight is 532 g/mol. The number of primary amides is 1. The Morgan fingerprint density at radius 2 is 1.89 bits per heavy atom. The summed E-state index contributed by atoms with van der Waals surface area (Å²) in [5.74, 6) is -8.04. The van der Waals surface area contributed by atoms with Gasteiger partial charge in [0.05, 0.1) is 5.56 Å². The van der Waals surface area contributed by atoms with Crippen molar-refractivity contribution >= 4 is 41.0 Å². The van der Waals surface area contributed by atoms with E-state index in [0.717, 1.165) is 12.2 Å². The Morgan fingerprint density at radius 1 is 1.19 bits per heavy atom. The maximum Gasteiger partial charge on any atom is 0.305 e. The molecule has 11 heteroatoms. The summed E-state index contributed by atoms with van der Waals surface area (Å²) >= 11 is 1.56. The molecule has 0 aliphatic heterocycles. The monoisotopic (exact) mass is 531 g/mol. The number of aliphatic hydroxyl groups is 3. The number of carbonyl (C=O) groups is 4. The summed E-state index contributed by atoms with van der Waals surface area (Å²) in [6.07, 6.45) is -1.11. The van der Waals surface area contributed by atoms with Gasteiger partial charge in [-0.05, 0) is 23.8 Å². The summed E-state index contributed by atoms with van der Waals surface area (Å²) in [4.78, 5) is 51.3. The molecule has 1 saturated carbocycles. The second-order valence-corrected chi connectivity index (χ2v) is 10.6. The number of esters is 1. The van der Waals surface area contributed by atoms with Crippen LogP contribution >= 0.6 is 11.8 Å². The lowest BCUT2D eigenvalue weighted by Crippen LogP contribution is -2.65. The Balaban J connectivity index is 2.02. The van der Waals surface area contributed by atoms with Crippen molar-refractivity contribution in [1.29, 1.82) is 0 Å². The lowest BCUT2D eigenvalue weighted by molar-refractivity contribution is -0.178. The maximum absolute atomic E-state index is 14.0. The summed E-state index contributed by atoms with van der Waals surface area (Å²) in [5.41, 5.74) is 1.65. The molecule has 37 heavy (non-hydrogen) atoms. The first-order valence-corrected chi connectivity index (χ1v) is 13.2. The van der Waals surface area contributed by atoms with Gasteiger partial charge in [-0.1, -0.05) is 26.0 Å². The molecule has 6 N–H and O–H groups in total. The van der Waals surface area contributed by atoms with Gasteiger partial charge in [0.2, 0.25) is 5.78 Å². The van der Waals surface area contributed by atoms with Gasteiger partial charge in [-0.25, -0.2) is 0 Å². The van der Waals surface area contributed by atoms with Gasteiger partial charge in [-0.3, -0.25) is 19.2 Å². The van der Waals surface area contributed by atoms with Crippen LogP contribution in [0, 0.1) is 11.8 Å². The van der Waals surface area contributed by atoms with E-state index < -0.39 is 76.4 Å². The van der Waals surface area contributed by atoms with Gasteiger partial charge in [0.25, 0.3) is 5.91 Å². The Kier molecular flexibility index (Phi) is 7.13. The first kappa shape index (κ1) is 26.7. The number of rotatable bonds is 7. The topological polar surface area (TPSA) is 184 Å². The zero-order valence-corrected chi connectivity index (χ0v) is 21.2. The zero-order valence-electron chi connectivity index (χ0n) is 20.4. The van der Waals surface area contributed by atoms with E-state index in [0.29, 0.717) is 11.3 Å². The molecule has 0 radical (unpaired) electrons. The normalized spacial score (nSPS) is 28.9. The number of benzene rings is 1. The van der Waals surface area contributed by atoms with E-state index in [2.05, 4.69) is 0 Å². The van der Waals surface area contributed by atoms with Gasteiger partial charge in [0, 0.05) is 41.9 Å². The number of ketones is 2. The molecule has 0 saturated heterocycles. The first-order chi connectivity index (χ1) is 17.5. The Labute approximate surface area is 217 Å². The number of aromatic hydroxyl groups is 1. The van der Waals surface area contributed by atoms with Crippen molar-refractivity contribution < 1.29 is 44.3 Å². The van der Waals surface area contributed by atoms with E-state index in [1.807, 2.05) is 6.92 Å². The van der Waals surface area contributed by atoms with Gasteiger partial charge >= 0.3 is 5.97 Å². The van der Waals surface area contributed by atoms with Gasteiger partial charge in [0.15, 0.2) is 11.4 Å². The van der Waals surface area contributed by atoms with E-state index in [1.165, 1.54) is 6.07 Å². The number of ether oxygens (including phenoxy) is 1. The molecule has 0 heterocycles. The molecule has 1 fully saturated rings. The number of hydrogen-bond donors (Lipinski definition) is 5. The van der Waals surface area contributed by atoms with Crippen molar-refractivity contribution in [3.63, 3.8) is 0 Å². The van der Waals surface area contributed by atoms with Crippen LogP contribution in [-0.4, -0.2) is 67.1 Å². The standard InChI is InChI=1S/C26H29NO9S/c1-3-8-37-10-12-11-6-5-7-14(28)17(11)21(31)20-18(12)22(36-16(30)4-2)13-9-15(29)19(25(27)34)23(32)26(13,35)24(20)33/h5-7,12-13,18,22,28,31-32,35H,3-4,8-10H2,1-2H3,(H2,27,34)/t12-,13+,18+,22+,26+/m0/s1. The van der Waals surface area contributed by atoms with Crippen LogP contribution in [0.1, 0.15) is 50.2 Å². The number of phenols is 1. The number of phenolic OH excluding ortho intramolecular Hbond substituents is 1. The van der Waals surface area contributed by atoms with Crippen molar-refractivity contribution in [3.05, 3.63) is 46.2 Å². The number of aliphatic hydroxyl groups excluding tert-OH is 2. The second-order valence-electron chi connectivity index (χ2n) is 9.44. The molecule has 3 aliphatic carbocycles. The van der Waals surface area contributed by atoms with Crippen molar-refractivity contribution in [3.8, 4) is 5.75 Å². The van der Waals surface area contributed by atoms with Crippen molar-refractivity contribution in [2.75, 3.05) is 11.5 Å². The Morgan fingerprint density at radius 3 is 2.51 bits per heavy atom. The molecular weight excluding hydrogens is 502 g/mol. The predicted molar refractivity (Wildman–Crippen MR) is 134 cm³/mol. The quantitative estimate of drug-likeness (QED) is 0.198. The fourth-order valence-corrected chi connectivity index (χ4v) is 6.79. The average Bonchev–Trinajstić information content (AvgIpc) is 2.84. The zero-order chi connectivity index (χ0) is 27.2. The molecule has 1 aromatic carbocycles. The van der Waals surface area contributed by atoms with Crippen molar-refractivity contribution in [2.24, 2.45) is 17.6 Å². The minimum absolute atomic E-state index is 0.00250. The van der Waals surface area contributed by atoms with Crippen LogP contribution in [0.2, 0.25) is 0 Å². The molecule has 1 aromatic rings. The number of fused-ring (bicyclic) bond motifs is 3. The van der Waals surface area contributed by atoms with E-state index >= 15 is 0 Å². The lowest BCUT2D eigenvalue weighted by Gasteiger charge is -2.51. The number of hydrogen-bond acceptors (Lipinski definition) is 10. The highest BCUT2D eigenvalue weighted by Crippen LogP contribution is 2.57. The minimum Gasteiger partial charge on any atom is -0.508 e. The molecule has 5 atom stereocenters. The second kappa shape index (κ2) is 9.86. The smallest absolute Gasteiger partial charge is 0.305 e. The fraction of sp³-hybridized carbons (Fsp3) is 0.462. The third kappa shape index (κ3) is 4.00. The van der Waals surface area contributed by atoms with Crippen molar-refractivity contribution in [1.82, 2.24) is 0 Å². The molecule has 4 rings (SSSR count). The van der Waals surface area contributed by atoms with Crippen LogP contribution < -0.4 is 5.73 Å². The van der Waals surface area contributed by atoms with E-state index in [9.17, 15) is 39.6 Å². The summed E-state index contributed by atoms with van der Waals surface area (Å²) in [6, 6.07) is 4.63. The largest absolute Gasteiger partial charge is 0.508 e. The fourth-order valence-electron chi connectivity index (χ4n) is 5.69. The van der Waals surface area contributed by atoms with E-state index in [1.54, 1.807) is 30.8 Å². The molecule has 1 amide bonds. The summed E-state index contributed by atoms with van der Waals surface area (Å²) in [7, 11) is 0. The molecule has 0 bridgehead atoms. The van der Waals surface area contributed by atoms with Crippen LogP contribution in [0.15, 0.2) is 35.1 Å². The molecule has 3 aliphatic rings. The van der Waals surface area contributed by atoms with Crippen LogP contribution in [0.4, 0.5) is 0 Å². The minimum atomic E-state index is -2.86. The molecule has 10 nitrogen and oxygen atoms in total. The van der Waals surface area contributed by atoms with Gasteiger partial charge in [-0.15, -0.1) is 0 Å². The van der Waals surface area contributed by atoms with Crippen LogP contribution in [-0.2, 0) is 23.9 Å². The third-order valence-electron chi connectivity index (χ3n) is 7.34.